The van der Waals surface area contributed by atoms with Crippen molar-refractivity contribution in [3.63, 3.8) is 0 Å². The second-order valence-corrected chi connectivity index (χ2v) is 4.46. The Kier molecular flexibility index (Phi) is 3.81. The zero-order valence-corrected chi connectivity index (χ0v) is 10.2. The molecule has 0 bridgehead atoms. The summed E-state index contributed by atoms with van der Waals surface area (Å²) in [5, 5.41) is 9.45. The molecule has 17 heavy (non-hydrogen) atoms. The first-order valence-electron chi connectivity index (χ1n) is 6.08. The lowest BCUT2D eigenvalue weighted by Crippen LogP contribution is -1.90. The van der Waals surface area contributed by atoms with Crippen LogP contribution >= 0.6 is 0 Å². The maximum Gasteiger partial charge on any atom is 0.118 e. The zero-order valence-electron chi connectivity index (χ0n) is 10.2. The molecule has 0 saturated heterocycles. The van der Waals surface area contributed by atoms with Gasteiger partial charge in [0.15, 0.2) is 0 Å². The Hall–Kier alpha value is -1.76. The van der Waals surface area contributed by atoms with Crippen LogP contribution in [0.25, 0.3) is 0 Å². The molecule has 0 spiro atoms. The summed E-state index contributed by atoms with van der Waals surface area (Å²) in [7, 11) is 0. The standard InChI is InChI=1S/C16H18O/c1-13-12-15(10-11-16(13)17)9-5-8-14-6-3-2-4-7-14/h2-4,6-7,10-12,17H,5,8-9H2,1H3. The van der Waals surface area contributed by atoms with Crippen molar-refractivity contribution in [1.29, 1.82) is 0 Å². The highest BCUT2D eigenvalue weighted by Gasteiger charge is 1.99. The Bertz CT molecular complexity index is 474. The summed E-state index contributed by atoms with van der Waals surface area (Å²) in [6.45, 7) is 1.94. The third kappa shape index (κ3) is 3.35. The minimum atomic E-state index is 0.386. The molecule has 0 amide bonds. The second kappa shape index (κ2) is 5.53. The fraction of sp³-hybridized carbons (Fsp3) is 0.250. The largest absolute Gasteiger partial charge is 0.508 e. The van der Waals surface area contributed by atoms with Gasteiger partial charge in [-0.25, -0.2) is 0 Å². The van der Waals surface area contributed by atoms with Crippen molar-refractivity contribution in [3.05, 3.63) is 65.2 Å². The Morgan fingerprint density at radius 3 is 2.29 bits per heavy atom. The number of phenols is 1. The van der Waals surface area contributed by atoms with Crippen LogP contribution in [0.2, 0.25) is 0 Å². The smallest absolute Gasteiger partial charge is 0.118 e. The summed E-state index contributed by atoms with van der Waals surface area (Å²) in [6.07, 6.45) is 3.32. The van der Waals surface area contributed by atoms with Crippen molar-refractivity contribution in [3.8, 4) is 5.75 Å². The van der Waals surface area contributed by atoms with Crippen LogP contribution < -0.4 is 0 Å². The van der Waals surface area contributed by atoms with E-state index in [-0.39, 0.29) is 0 Å². The number of rotatable bonds is 4. The van der Waals surface area contributed by atoms with Gasteiger partial charge in [-0.2, -0.15) is 0 Å². The van der Waals surface area contributed by atoms with E-state index >= 15 is 0 Å². The van der Waals surface area contributed by atoms with E-state index in [2.05, 4.69) is 30.3 Å². The van der Waals surface area contributed by atoms with Crippen LogP contribution in [0.3, 0.4) is 0 Å². The lowest BCUT2D eigenvalue weighted by molar-refractivity contribution is 0.471. The van der Waals surface area contributed by atoms with Crippen molar-refractivity contribution >= 4 is 0 Å². The molecule has 0 unspecified atom stereocenters. The molecule has 0 aliphatic heterocycles. The highest BCUT2D eigenvalue weighted by atomic mass is 16.3. The van der Waals surface area contributed by atoms with Crippen molar-refractivity contribution in [1.82, 2.24) is 0 Å². The van der Waals surface area contributed by atoms with Gasteiger partial charge in [-0.15, -0.1) is 0 Å². The molecule has 0 radical (unpaired) electrons. The molecule has 1 nitrogen and oxygen atoms in total. The van der Waals surface area contributed by atoms with Crippen LogP contribution in [0.4, 0.5) is 0 Å². The first-order valence-corrected chi connectivity index (χ1v) is 6.08. The summed E-state index contributed by atoms with van der Waals surface area (Å²) < 4.78 is 0. The molecule has 0 aliphatic carbocycles. The molecular formula is C16H18O. The van der Waals surface area contributed by atoms with Gasteiger partial charge in [-0.1, -0.05) is 42.5 Å². The van der Waals surface area contributed by atoms with E-state index in [9.17, 15) is 5.11 Å². The number of benzene rings is 2. The van der Waals surface area contributed by atoms with Crippen LogP contribution in [-0.4, -0.2) is 5.11 Å². The number of hydrogen-bond acceptors (Lipinski definition) is 1. The fourth-order valence-corrected chi connectivity index (χ4v) is 2.01. The molecule has 0 heterocycles. The number of aromatic hydroxyl groups is 1. The van der Waals surface area contributed by atoms with Gasteiger partial charge in [0.05, 0.1) is 0 Å². The lowest BCUT2D eigenvalue weighted by Gasteiger charge is -2.04. The Labute approximate surface area is 103 Å². The Balaban J connectivity index is 1.88. The van der Waals surface area contributed by atoms with Crippen molar-refractivity contribution in [2.45, 2.75) is 26.2 Å². The van der Waals surface area contributed by atoms with Gasteiger partial charge >= 0.3 is 0 Å². The van der Waals surface area contributed by atoms with Gasteiger partial charge in [0.1, 0.15) is 5.75 Å². The van der Waals surface area contributed by atoms with Gasteiger partial charge in [0.2, 0.25) is 0 Å². The van der Waals surface area contributed by atoms with E-state index in [0.717, 1.165) is 24.8 Å². The molecular weight excluding hydrogens is 208 g/mol. The molecule has 2 aromatic rings. The third-order valence-electron chi connectivity index (χ3n) is 3.03. The van der Waals surface area contributed by atoms with E-state index in [0.29, 0.717) is 5.75 Å². The molecule has 2 aromatic carbocycles. The van der Waals surface area contributed by atoms with E-state index in [1.54, 1.807) is 6.07 Å². The first kappa shape index (κ1) is 11.7. The molecule has 88 valence electrons. The molecule has 0 aromatic heterocycles. The van der Waals surface area contributed by atoms with Crippen LogP contribution in [-0.2, 0) is 12.8 Å². The Morgan fingerprint density at radius 2 is 1.59 bits per heavy atom. The van der Waals surface area contributed by atoms with Crippen molar-refractivity contribution < 1.29 is 5.11 Å². The average molecular weight is 226 g/mol. The Morgan fingerprint density at radius 1 is 0.882 bits per heavy atom. The van der Waals surface area contributed by atoms with Crippen molar-refractivity contribution in [2.75, 3.05) is 0 Å². The third-order valence-corrected chi connectivity index (χ3v) is 3.03. The maximum atomic E-state index is 9.45. The molecule has 2 rings (SSSR count). The predicted octanol–water partition coefficient (Wildman–Crippen LogP) is 3.88. The monoisotopic (exact) mass is 226 g/mol. The second-order valence-electron chi connectivity index (χ2n) is 4.46. The zero-order chi connectivity index (χ0) is 12.1. The molecule has 0 fully saturated rings. The van der Waals surface area contributed by atoms with Crippen LogP contribution in [0.1, 0.15) is 23.1 Å². The van der Waals surface area contributed by atoms with Gasteiger partial charge in [0, 0.05) is 0 Å². The van der Waals surface area contributed by atoms with Crippen LogP contribution in [0.15, 0.2) is 48.5 Å². The van der Waals surface area contributed by atoms with E-state index in [1.807, 2.05) is 19.1 Å². The SMILES string of the molecule is Cc1cc(CCCc2ccccc2)ccc1O. The summed E-state index contributed by atoms with van der Waals surface area (Å²) >= 11 is 0. The molecule has 0 atom stereocenters. The molecule has 1 N–H and O–H groups in total. The highest BCUT2D eigenvalue weighted by Crippen LogP contribution is 2.18. The highest BCUT2D eigenvalue weighted by molar-refractivity contribution is 5.35. The minimum absolute atomic E-state index is 0.386. The normalized spacial score (nSPS) is 10.4. The van der Waals surface area contributed by atoms with Gasteiger partial charge in [0.25, 0.3) is 0 Å². The summed E-state index contributed by atoms with van der Waals surface area (Å²) in [5.41, 5.74) is 3.65. The van der Waals surface area contributed by atoms with Gasteiger partial charge in [-0.3, -0.25) is 0 Å². The number of phenolic OH excluding ortho intramolecular Hbond substituents is 1. The summed E-state index contributed by atoms with van der Waals surface area (Å²) in [4.78, 5) is 0. The fourth-order valence-electron chi connectivity index (χ4n) is 2.01. The summed E-state index contributed by atoms with van der Waals surface area (Å²) in [6, 6.07) is 16.4. The quantitative estimate of drug-likeness (QED) is 0.839. The first-order chi connectivity index (χ1) is 8.25. The van der Waals surface area contributed by atoms with Gasteiger partial charge in [-0.05, 0) is 48.9 Å². The predicted molar refractivity (Wildman–Crippen MR) is 71.3 cm³/mol. The molecule has 1 heteroatoms. The van der Waals surface area contributed by atoms with E-state index < -0.39 is 0 Å². The van der Waals surface area contributed by atoms with E-state index in [1.165, 1.54) is 11.1 Å². The summed E-state index contributed by atoms with van der Waals surface area (Å²) in [5.74, 6) is 0.386. The lowest BCUT2D eigenvalue weighted by atomic mass is 10.0. The molecule has 0 saturated carbocycles. The number of hydrogen-bond donors (Lipinski definition) is 1. The van der Waals surface area contributed by atoms with Gasteiger partial charge < -0.3 is 5.11 Å². The van der Waals surface area contributed by atoms with E-state index in [4.69, 9.17) is 0 Å². The van der Waals surface area contributed by atoms with Crippen LogP contribution in [0, 0.1) is 6.92 Å². The minimum Gasteiger partial charge on any atom is -0.508 e. The number of aryl methyl sites for hydroxylation is 3. The average Bonchev–Trinajstić information content (AvgIpc) is 2.35. The topological polar surface area (TPSA) is 20.2 Å². The van der Waals surface area contributed by atoms with Crippen molar-refractivity contribution in [2.24, 2.45) is 0 Å². The molecule has 0 aliphatic rings. The van der Waals surface area contributed by atoms with Crippen LogP contribution in [0.5, 0.6) is 5.75 Å². The maximum absolute atomic E-state index is 9.45.